The molecule has 1 aromatic rings. The van der Waals surface area contributed by atoms with Crippen LogP contribution in [0.1, 0.15) is 15.9 Å². The number of aryl methyl sites for hydroxylation is 1. The molecular weight excluding hydrogens is 287 g/mol. The van der Waals surface area contributed by atoms with Crippen LogP contribution in [0.5, 0.6) is 0 Å². The number of nitrogens with one attached hydrogen (secondary N) is 1. The Morgan fingerprint density at radius 2 is 2.12 bits per heavy atom. The Labute approximate surface area is 99.0 Å². The minimum absolute atomic E-state index is 0.235. The van der Waals surface area contributed by atoms with Crippen molar-refractivity contribution in [1.29, 1.82) is 0 Å². The highest BCUT2D eigenvalue weighted by Crippen LogP contribution is 2.20. The van der Waals surface area contributed by atoms with Gasteiger partial charge in [0.05, 0.1) is 12.1 Å². The Balaban J connectivity index is 2.87. The molecule has 88 valence electrons. The number of rotatable bonds is 3. The number of hydrogen-bond donors (Lipinski definition) is 1. The zero-order chi connectivity index (χ0) is 12.3. The number of amides is 1. The summed E-state index contributed by atoms with van der Waals surface area (Å²) in [5, 5.41) is 1.94. The first-order chi connectivity index (χ1) is 7.41. The average Bonchev–Trinajstić information content (AvgIpc) is 2.20. The maximum absolute atomic E-state index is 13.3. The van der Waals surface area contributed by atoms with Gasteiger partial charge in [-0.05, 0) is 24.6 Å². The second kappa shape index (κ2) is 5.34. The van der Waals surface area contributed by atoms with Crippen LogP contribution in [-0.4, -0.2) is 18.9 Å². The Bertz CT molecular complexity index is 409. The van der Waals surface area contributed by atoms with E-state index in [1.807, 2.05) is 5.32 Å². The molecule has 0 aliphatic rings. The molecule has 0 saturated carbocycles. The monoisotopic (exact) mass is 295 g/mol. The van der Waals surface area contributed by atoms with Gasteiger partial charge in [0, 0.05) is 4.47 Å². The topological polar surface area (TPSA) is 29.1 Å². The number of benzene rings is 1. The largest absolute Gasteiger partial charge is 0.346 e. The molecule has 0 unspecified atom stereocenters. The van der Waals surface area contributed by atoms with E-state index >= 15 is 0 Å². The number of halogens is 4. The molecule has 0 radical (unpaired) electrons. The molecule has 6 heteroatoms. The molecule has 0 saturated heterocycles. The van der Waals surface area contributed by atoms with E-state index in [4.69, 9.17) is 0 Å². The van der Waals surface area contributed by atoms with Gasteiger partial charge in [-0.1, -0.05) is 15.9 Å². The van der Waals surface area contributed by atoms with Gasteiger partial charge in [-0.25, -0.2) is 13.2 Å². The predicted octanol–water partition coefficient (Wildman–Crippen LogP) is 2.89. The fourth-order valence-electron chi connectivity index (χ4n) is 1.10. The first-order valence-electron chi connectivity index (χ1n) is 4.44. The number of carbonyl (C=O) groups excluding carboxylic acids is 1. The molecule has 0 spiro atoms. The zero-order valence-electron chi connectivity index (χ0n) is 8.36. The third-order valence-corrected chi connectivity index (χ3v) is 2.76. The molecule has 0 heterocycles. The molecule has 0 fully saturated rings. The van der Waals surface area contributed by atoms with E-state index in [1.165, 1.54) is 6.07 Å². The Kier molecular flexibility index (Phi) is 4.35. The summed E-state index contributed by atoms with van der Waals surface area (Å²) in [6.07, 6.45) is -2.65. The van der Waals surface area contributed by atoms with Crippen molar-refractivity contribution < 1.29 is 18.0 Å². The molecule has 0 atom stereocenters. The number of carbonyl (C=O) groups is 1. The lowest BCUT2D eigenvalue weighted by Crippen LogP contribution is -2.29. The quantitative estimate of drug-likeness (QED) is 0.913. The molecule has 0 bridgehead atoms. The SMILES string of the molecule is Cc1cc(C(=O)NCC(F)F)c(F)cc1Br. The molecule has 0 aliphatic heterocycles. The van der Waals surface area contributed by atoms with E-state index in [2.05, 4.69) is 15.9 Å². The summed E-state index contributed by atoms with van der Waals surface area (Å²) < 4.78 is 37.5. The van der Waals surface area contributed by atoms with Crippen LogP contribution in [0.4, 0.5) is 13.2 Å². The van der Waals surface area contributed by atoms with E-state index < -0.39 is 24.7 Å². The van der Waals surface area contributed by atoms with Crippen molar-refractivity contribution in [2.75, 3.05) is 6.54 Å². The minimum atomic E-state index is -2.65. The molecule has 0 aromatic heterocycles. The summed E-state index contributed by atoms with van der Waals surface area (Å²) in [6, 6.07) is 2.44. The van der Waals surface area contributed by atoms with Gasteiger partial charge < -0.3 is 5.32 Å². The van der Waals surface area contributed by atoms with Gasteiger partial charge in [0.15, 0.2) is 0 Å². The number of hydrogen-bond acceptors (Lipinski definition) is 1. The summed E-state index contributed by atoms with van der Waals surface area (Å²) >= 11 is 3.10. The second-order valence-electron chi connectivity index (χ2n) is 3.18. The fraction of sp³-hybridized carbons (Fsp3) is 0.300. The van der Waals surface area contributed by atoms with Gasteiger partial charge in [0.25, 0.3) is 12.3 Å². The molecule has 1 aromatic carbocycles. The average molecular weight is 296 g/mol. The number of alkyl halides is 2. The molecule has 1 amide bonds. The highest BCUT2D eigenvalue weighted by molar-refractivity contribution is 9.10. The normalized spacial score (nSPS) is 10.6. The molecular formula is C10H9BrF3NO. The third kappa shape index (κ3) is 3.23. The van der Waals surface area contributed by atoms with Crippen molar-refractivity contribution in [2.24, 2.45) is 0 Å². The lowest BCUT2D eigenvalue weighted by Gasteiger charge is -2.07. The lowest BCUT2D eigenvalue weighted by molar-refractivity contribution is 0.0887. The van der Waals surface area contributed by atoms with Crippen molar-refractivity contribution in [3.05, 3.63) is 33.5 Å². The smallest absolute Gasteiger partial charge is 0.255 e. The van der Waals surface area contributed by atoms with Crippen molar-refractivity contribution in [3.8, 4) is 0 Å². The first-order valence-corrected chi connectivity index (χ1v) is 5.23. The summed E-state index contributed by atoms with van der Waals surface area (Å²) in [6.45, 7) is 0.890. The van der Waals surface area contributed by atoms with Gasteiger partial charge >= 0.3 is 0 Å². The van der Waals surface area contributed by atoms with Gasteiger partial charge in [-0.2, -0.15) is 0 Å². The van der Waals surface area contributed by atoms with Crippen LogP contribution in [0.15, 0.2) is 16.6 Å². The molecule has 0 aliphatic carbocycles. The third-order valence-electron chi connectivity index (χ3n) is 1.91. The van der Waals surface area contributed by atoms with Gasteiger partial charge in [0.2, 0.25) is 0 Å². The van der Waals surface area contributed by atoms with Crippen LogP contribution in [0, 0.1) is 12.7 Å². The van der Waals surface area contributed by atoms with Crippen LogP contribution >= 0.6 is 15.9 Å². The standard InChI is InChI=1S/C10H9BrF3NO/c1-5-2-6(8(12)3-7(5)11)10(16)15-4-9(13)14/h2-3,9H,4H2,1H3,(H,15,16). The highest BCUT2D eigenvalue weighted by Gasteiger charge is 2.14. The Morgan fingerprint density at radius 1 is 1.50 bits per heavy atom. The van der Waals surface area contributed by atoms with E-state index in [9.17, 15) is 18.0 Å². The fourth-order valence-corrected chi connectivity index (χ4v) is 1.41. The maximum atomic E-state index is 13.3. The maximum Gasteiger partial charge on any atom is 0.255 e. The van der Waals surface area contributed by atoms with E-state index in [1.54, 1.807) is 6.92 Å². The molecule has 1 N–H and O–H groups in total. The van der Waals surface area contributed by atoms with Crippen LogP contribution in [0.25, 0.3) is 0 Å². The van der Waals surface area contributed by atoms with Gasteiger partial charge in [-0.15, -0.1) is 0 Å². The molecule has 1 rings (SSSR count). The van der Waals surface area contributed by atoms with Crippen LogP contribution in [0.3, 0.4) is 0 Å². The first kappa shape index (κ1) is 13.0. The Hall–Kier alpha value is -1.04. The van der Waals surface area contributed by atoms with Crippen molar-refractivity contribution in [3.63, 3.8) is 0 Å². The van der Waals surface area contributed by atoms with Crippen molar-refractivity contribution in [1.82, 2.24) is 5.32 Å². The van der Waals surface area contributed by atoms with E-state index in [0.717, 1.165) is 6.07 Å². The van der Waals surface area contributed by atoms with Crippen LogP contribution < -0.4 is 5.32 Å². The minimum Gasteiger partial charge on any atom is -0.346 e. The molecule has 16 heavy (non-hydrogen) atoms. The lowest BCUT2D eigenvalue weighted by atomic mass is 10.1. The van der Waals surface area contributed by atoms with Crippen molar-refractivity contribution >= 4 is 21.8 Å². The van der Waals surface area contributed by atoms with E-state index in [0.29, 0.717) is 10.0 Å². The summed E-state index contributed by atoms with van der Waals surface area (Å²) in [5.74, 6) is -1.59. The van der Waals surface area contributed by atoms with E-state index in [-0.39, 0.29) is 5.56 Å². The second-order valence-corrected chi connectivity index (χ2v) is 4.04. The van der Waals surface area contributed by atoms with Gasteiger partial charge in [0.1, 0.15) is 5.82 Å². The highest BCUT2D eigenvalue weighted by atomic mass is 79.9. The summed E-state index contributed by atoms with van der Waals surface area (Å²) in [7, 11) is 0. The summed E-state index contributed by atoms with van der Waals surface area (Å²) in [4.78, 5) is 11.3. The Morgan fingerprint density at radius 3 is 2.69 bits per heavy atom. The van der Waals surface area contributed by atoms with Crippen molar-refractivity contribution in [2.45, 2.75) is 13.3 Å². The zero-order valence-corrected chi connectivity index (χ0v) is 9.95. The summed E-state index contributed by atoms with van der Waals surface area (Å²) in [5.41, 5.74) is 0.421. The predicted molar refractivity (Wildman–Crippen MR) is 57.2 cm³/mol. The van der Waals surface area contributed by atoms with Crippen LogP contribution in [0.2, 0.25) is 0 Å². The van der Waals surface area contributed by atoms with Gasteiger partial charge in [-0.3, -0.25) is 4.79 Å². The van der Waals surface area contributed by atoms with Crippen LogP contribution in [-0.2, 0) is 0 Å². The molecule has 2 nitrogen and oxygen atoms in total.